The van der Waals surface area contributed by atoms with Crippen LogP contribution in [0.3, 0.4) is 0 Å². The van der Waals surface area contributed by atoms with Crippen molar-refractivity contribution in [3.05, 3.63) is 120 Å². The van der Waals surface area contributed by atoms with E-state index >= 15 is 0 Å². The molecule has 0 amide bonds. The second-order valence-corrected chi connectivity index (χ2v) is 10.5. The molecule has 0 spiro atoms. The van der Waals surface area contributed by atoms with E-state index in [1.54, 1.807) is 14.2 Å². The maximum Gasteiger partial charge on any atom is 0.121 e. The summed E-state index contributed by atoms with van der Waals surface area (Å²) in [5, 5.41) is 4.71. The molecule has 0 aliphatic heterocycles. The van der Waals surface area contributed by atoms with Crippen LogP contribution in [0.5, 0.6) is 11.5 Å². The summed E-state index contributed by atoms with van der Waals surface area (Å²) >= 11 is 0. The van der Waals surface area contributed by atoms with Crippen molar-refractivity contribution >= 4 is 43.6 Å². The van der Waals surface area contributed by atoms with Crippen LogP contribution in [0.1, 0.15) is 11.1 Å². The Bertz CT molecular complexity index is 1960. The largest absolute Gasteiger partial charge is 0.497 e. The molecule has 7 aromatic rings. The van der Waals surface area contributed by atoms with Gasteiger partial charge in [0.1, 0.15) is 11.5 Å². The van der Waals surface area contributed by atoms with E-state index in [0.29, 0.717) is 0 Å². The fraction of sp³-hybridized carbons (Fsp3) is 0.111. The molecule has 0 aliphatic carbocycles. The number of methoxy groups -OCH3 is 2. The first-order valence-electron chi connectivity index (χ1n) is 13.5. The SMILES string of the molecule is COc1cc(C)cc(-n2c3ccc4cccc(c4c3)n(-c3cc(C)cc(OC)c3)c3ccc4cccc2c4c3)c1. The molecule has 0 N–H and O–H groups in total. The van der Waals surface area contributed by atoms with Crippen molar-refractivity contribution in [2.24, 2.45) is 0 Å². The number of hydrogen-bond donors (Lipinski definition) is 0. The van der Waals surface area contributed by atoms with Crippen LogP contribution in [0.4, 0.5) is 0 Å². The molecule has 6 aromatic carbocycles. The van der Waals surface area contributed by atoms with Crippen molar-refractivity contribution in [2.45, 2.75) is 13.8 Å². The maximum absolute atomic E-state index is 5.69. The van der Waals surface area contributed by atoms with E-state index in [4.69, 9.17) is 9.47 Å². The van der Waals surface area contributed by atoms with Crippen LogP contribution < -0.4 is 9.47 Å². The van der Waals surface area contributed by atoms with Crippen LogP contribution in [0, 0.1) is 13.8 Å². The predicted molar refractivity (Wildman–Crippen MR) is 167 cm³/mol. The van der Waals surface area contributed by atoms with Gasteiger partial charge < -0.3 is 18.6 Å². The number of aryl methyl sites for hydroxylation is 2. The van der Waals surface area contributed by atoms with Gasteiger partial charge in [0.2, 0.25) is 0 Å². The Hall–Kier alpha value is -4.96. The minimum Gasteiger partial charge on any atom is -0.497 e. The molecule has 0 fully saturated rings. The zero-order chi connectivity index (χ0) is 27.4. The third-order valence-electron chi connectivity index (χ3n) is 7.74. The highest BCUT2D eigenvalue weighted by Gasteiger charge is 2.13. The van der Waals surface area contributed by atoms with E-state index in [1.807, 2.05) is 0 Å². The second-order valence-electron chi connectivity index (χ2n) is 10.5. The van der Waals surface area contributed by atoms with Crippen molar-refractivity contribution in [2.75, 3.05) is 14.2 Å². The molecule has 0 aliphatic rings. The zero-order valence-electron chi connectivity index (χ0n) is 23.1. The van der Waals surface area contributed by atoms with Gasteiger partial charge in [-0.05, 0) is 96.4 Å². The molecule has 1 aromatic heterocycles. The van der Waals surface area contributed by atoms with E-state index in [-0.39, 0.29) is 0 Å². The lowest BCUT2D eigenvalue weighted by molar-refractivity contribution is 0.414. The fourth-order valence-corrected chi connectivity index (χ4v) is 5.96. The first kappa shape index (κ1) is 24.1. The van der Waals surface area contributed by atoms with E-state index in [9.17, 15) is 0 Å². The van der Waals surface area contributed by atoms with E-state index < -0.39 is 0 Å². The van der Waals surface area contributed by atoms with Crippen LogP contribution in [-0.2, 0) is 0 Å². The summed E-state index contributed by atoms with van der Waals surface area (Å²) in [5.74, 6) is 1.68. The summed E-state index contributed by atoms with van der Waals surface area (Å²) in [7, 11) is 3.45. The number of ether oxygens (including phenoxy) is 2. The first-order valence-corrected chi connectivity index (χ1v) is 13.5. The highest BCUT2D eigenvalue weighted by molar-refractivity contribution is 6.04. The van der Waals surface area contributed by atoms with Crippen molar-refractivity contribution < 1.29 is 9.47 Å². The Labute approximate surface area is 233 Å². The van der Waals surface area contributed by atoms with Crippen molar-refractivity contribution in [3.63, 3.8) is 0 Å². The van der Waals surface area contributed by atoms with Crippen LogP contribution >= 0.6 is 0 Å². The normalized spacial score (nSPS) is 11.5. The average Bonchev–Trinajstić information content (AvgIpc) is 2.97. The Morgan fingerprint density at radius 2 is 0.925 bits per heavy atom. The van der Waals surface area contributed by atoms with Gasteiger partial charge in [-0.3, -0.25) is 0 Å². The highest BCUT2D eigenvalue weighted by Crippen LogP contribution is 2.33. The fourth-order valence-electron chi connectivity index (χ4n) is 5.96. The second kappa shape index (κ2) is 9.35. The Kier molecular flexibility index (Phi) is 5.64. The summed E-state index contributed by atoms with van der Waals surface area (Å²) < 4.78 is 16.1. The number of aromatic nitrogens is 2. The van der Waals surface area contributed by atoms with Gasteiger partial charge in [-0.2, -0.15) is 0 Å². The summed E-state index contributed by atoms with van der Waals surface area (Å²) in [5.41, 5.74) is 8.84. The maximum atomic E-state index is 5.69. The van der Waals surface area contributed by atoms with Gasteiger partial charge >= 0.3 is 0 Å². The van der Waals surface area contributed by atoms with Gasteiger partial charge in [-0.25, -0.2) is 0 Å². The molecule has 4 heteroatoms. The highest BCUT2D eigenvalue weighted by atomic mass is 16.5. The van der Waals surface area contributed by atoms with Gasteiger partial charge in [0.05, 0.1) is 36.6 Å². The average molecular weight is 523 g/mol. The van der Waals surface area contributed by atoms with E-state index in [2.05, 4.69) is 132 Å². The lowest BCUT2D eigenvalue weighted by Crippen LogP contribution is -2.02. The molecule has 4 bridgehead atoms. The van der Waals surface area contributed by atoms with Crippen LogP contribution in [0.2, 0.25) is 0 Å². The van der Waals surface area contributed by atoms with Crippen LogP contribution in [0.25, 0.3) is 55.0 Å². The van der Waals surface area contributed by atoms with Crippen LogP contribution in [-0.4, -0.2) is 23.4 Å². The van der Waals surface area contributed by atoms with Crippen molar-refractivity contribution in [3.8, 4) is 22.9 Å². The molecule has 0 saturated carbocycles. The van der Waals surface area contributed by atoms with Gasteiger partial charge in [0.15, 0.2) is 0 Å². The first-order chi connectivity index (χ1) is 19.5. The van der Waals surface area contributed by atoms with Gasteiger partial charge in [-0.15, -0.1) is 0 Å². The molecule has 0 saturated heterocycles. The standard InChI is InChI=1S/C36H30N2O2/c1-23-15-29(19-31(17-23)39-3)37-27-13-11-26-8-6-10-36(34(26)21-27)38(30-16-24(2)18-32(20-30)40-4)28-14-12-25-7-5-9-35(37)33(25)22-28/h5-22H,1-4H3. The zero-order valence-corrected chi connectivity index (χ0v) is 23.1. The monoisotopic (exact) mass is 522 g/mol. The number of fused-ring (bicyclic) bond motifs is 2. The molecule has 40 heavy (non-hydrogen) atoms. The minimum atomic E-state index is 0.842. The molecular weight excluding hydrogens is 492 g/mol. The lowest BCUT2D eigenvalue weighted by Gasteiger charge is -2.19. The smallest absolute Gasteiger partial charge is 0.121 e. The molecule has 0 atom stereocenters. The van der Waals surface area contributed by atoms with Crippen LogP contribution in [0.15, 0.2) is 109 Å². The molecule has 0 unspecified atom stereocenters. The molecule has 0 radical (unpaired) electrons. The minimum absolute atomic E-state index is 0.842. The predicted octanol–water partition coefficient (Wildman–Crippen LogP) is 9.08. The lowest BCUT2D eigenvalue weighted by atomic mass is 10.0. The van der Waals surface area contributed by atoms with Gasteiger partial charge in [-0.1, -0.05) is 36.4 Å². The number of nitrogens with zero attached hydrogens (tertiary/aromatic N) is 2. The van der Waals surface area contributed by atoms with Crippen molar-refractivity contribution in [1.29, 1.82) is 0 Å². The molecule has 4 nitrogen and oxygen atoms in total. The summed E-state index contributed by atoms with van der Waals surface area (Å²) in [4.78, 5) is 0. The molecular formula is C36H30N2O2. The number of rotatable bonds is 4. The summed E-state index contributed by atoms with van der Waals surface area (Å²) in [6.07, 6.45) is 0. The number of benzene rings is 6. The van der Waals surface area contributed by atoms with E-state index in [0.717, 1.165) is 56.1 Å². The van der Waals surface area contributed by atoms with E-state index in [1.165, 1.54) is 21.5 Å². The van der Waals surface area contributed by atoms with Gasteiger partial charge in [0.25, 0.3) is 0 Å². The third-order valence-corrected chi connectivity index (χ3v) is 7.74. The summed E-state index contributed by atoms with van der Waals surface area (Å²) in [6.45, 7) is 4.22. The molecule has 1 heterocycles. The number of hydrogen-bond acceptors (Lipinski definition) is 2. The molecule has 196 valence electrons. The van der Waals surface area contributed by atoms with Gasteiger partial charge in [0, 0.05) is 33.9 Å². The summed E-state index contributed by atoms with van der Waals surface area (Å²) in [6, 6.07) is 39.3. The topological polar surface area (TPSA) is 28.3 Å². The Morgan fingerprint density at radius 1 is 0.475 bits per heavy atom. The Balaban J connectivity index is 1.75. The quantitative estimate of drug-likeness (QED) is 0.231. The third kappa shape index (κ3) is 3.92. The van der Waals surface area contributed by atoms with Crippen molar-refractivity contribution in [1.82, 2.24) is 9.13 Å². The molecule has 7 rings (SSSR count). The Morgan fingerprint density at radius 3 is 1.35 bits per heavy atom.